The highest BCUT2D eigenvalue weighted by molar-refractivity contribution is 5.69. The lowest BCUT2D eigenvalue weighted by atomic mass is 10.0. The average Bonchev–Trinajstić information content (AvgIpc) is 2.97. The second-order valence-electron chi connectivity index (χ2n) is 11.7. The Morgan fingerprint density at radius 1 is 0.524 bits per heavy atom. The molecule has 242 valence electrons. The largest absolute Gasteiger partial charge is 0.481 e. The fraction of sp³-hybridized carbons (Fsp3) is 0.737. The number of carbonyl (C=O) groups is 2. The molecule has 1 N–H and O–H groups in total. The van der Waals surface area contributed by atoms with Gasteiger partial charge in [0.15, 0.2) is 0 Å². The Balaban J connectivity index is 4.09. The topological polar surface area (TPSA) is 63.6 Å². The number of ether oxygens (including phenoxy) is 1. The van der Waals surface area contributed by atoms with Gasteiger partial charge in [-0.15, -0.1) is 0 Å². The number of unbranched alkanes of at least 4 members (excludes halogenated alkanes) is 14. The Kier molecular flexibility index (Phi) is 31.7. The van der Waals surface area contributed by atoms with Crippen LogP contribution in [0.25, 0.3) is 0 Å². The second kappa shape index (κ2) is 33.4. The molecule has 0 aliphatic rings. The smallest absolute Gasteiger partial charge is 0.306 e. The molecule has 42 heavy (non-hydrogen) atoms. The van der Waals surface area contributed by atoms with Crippen LogP contribution in [-0.2, 0) is 14.3 Å². The first-order valence-corrected chi connectivity index (χ1v) is 17.6. The number of carboxylic acids is 1. The monoisotopic (exact) mass is 586 g/mol. The third-order valence-electron chi connectivity index (χ3n) is 7.55. The fourth-order valence-corrected chi connectivity index (χ4v) is 4.94. The normalized spacial score (nSPS) is 12.8. The first kappa shape index (κ1) is 39.9. The summed E-state index contributed by atoms with van der Waals surface area (Å²) in [7, 11) is 0. The molecular formula is C38H66O4. The molecule has 0 aliphatic carbocycles. The summed E-state index contributed by atoms with van der Waals surface area (Å²) in [5.41, 5.74) is 0. The first-order valence-electron chi connectivity index (χ1n) is 17.6. The van der Waals surface area contributed by atoms with Crippen LogP contribution in [0.1, 0.15) is 174 Å². The van der Waals surface area contributed by atoms with Crippen LogP contribution in [0.3, 0.4) is 0 Å². The Morgan fingerprint density at radius 3 is 1.48 bits per heavy atom. The van der Waals surface area contributed by atoms with Crippen molar-refractivity contribution < 1.29 is 19.4 Å². The van der Waals surface area contributed by atoms with E-state index < -0.39 is 5.97 Å². The van der Waals surface area contributed by atoms with Gasteiger partial charge in [0, 0.05) is 12.8 Å². The van der Waals surface area contributed by atoms with E-state index in [1.807, 2.05) is 0 Å². The lowest BCUT2D eigenvalue weighted by Gasteiger charge is -2.18. The summed E-state index contributed by atoms with van der Waals surface area (Å²) in [5.74, 6) is -0.764. The number of carboxylic acid groups (broad SMARTS) is 1. The molecule has 1 unspecified atom stereocenters. The molecule has 0 aliphatic heterocycles. The van der Waals surface area contributed by atoms with Crippen LogP contribution >= 0.6 is 0 Å². The van der Waals surface area contributed by atoms with E-state index in [1.54, 1.807) is 0 Å². The van der Waals surface area contributed by atoms with E-state index in [0.717, 1.165) is 83.5 Å². The molecule has 0 aromatic carbocycles. The third-order valence-corrected chi connectivity index (χ3v) is 7.55. The standard InChI is InChI=1S/C38H66O4/c1-3-5-7-9-11-12-13-14-15-16-17-18-19-20-22-27-31-35-38(41)42-36(32-28-24-21-10-8-6-4-2)33-29-25-23-26-30-34-37(39)40/h11-12,14-15,17-18,20,22,36H,3-10,13,16,19,21,23-35H2,1-2H3,(H,39,40)/b12-11-,15-14-,18-17-,22-20-. The summed E-state index contributed by atoms with van der Waals surface area (Å²) in [5, 5.41) is 8.77. The molecular weight excluding hydrogens is 520 g/mol. The Morgan fingerprint density at radius 2 is 0.952 bits per heavy atom. The number of allylic oxidation sites excluding steroid dienone is 8. The maximum Gasteiger partial charge on any atom is 0.306 e. The third kappa shape index (κ3) is 32.4. The average molecular weight is 587 g/mol. The van der Waals surface area contributed by atoms with E-state index in [-0.39, 0.29) is 18.5 Å². The van der Waals surface area contributed by atoms with Gasteiger partial charge in [-0.05, 0) is 77.0 Å². The molecule has 0 bridgehead atoms. The van der Waals surface area contributed by atoms with Crippen molar-refractivity contribution in [1.29, 1.82) is 0 Å². The molecule has 0 saturated carbocycles. The molecule has 0 amide bonds. The van der Waals surface area contributed by atoms with Crippen molar-refractivity contribution in [3.8, 4) is 0 Å². The van der Waals surface area contributed by atoms with Crippen LogP contribution in [0, 0.1) is 0 Å². The summed E-state index contributed by atoms with van der Waals surface area (Å²) >= 11 is 0. The highest BCUT2D eigenvalue weighted by Crippen LogP contribution is 2.18. The van der Waals surface area contributed by atoms with Crippen LogP contribution in [-0.4, -0.2) is 23.1 Å². The maximum absolute atomic E-state index is 12.5. The summed E-state index contributed by atoms with van der Waals surface area (Å²) in [4.78, 5) is 23.2. The number of aliphatic carboxylic acids is 1. The van der Waals surface area contributed by atoms with Crippen molar-refractivity contribution in [3.63, 3.8) is 0 Å². The summed E-state index contributed by atoms with van der Waals surface area (Å²) in [6, 6.07) is 0. The molecule has 0 aromatic heterocycles. The number of rotatable bonds is 31. The van der Waals surface area contributed by atoms with Gasteiger partial charge >= 0.3 is 11.9 Å². The van der Waals surface area contributed by atoms with Crippen LogP contribution in [0.4, 0.5) is 0 Å². The van der Waals surface area contributed by atoms with Crippen molar-refractivity contribution in [1.82, 2.24) is 0 Å². The van der Waals surface area contributed by atoms with Gasteiger partial charge in [-0.1, -0.05) is 133 Å². The molecule has 0 heterocycles. The minimum absolute atomic E-state index is 0.0312. The van der Waals surface area contributed by atoms with Crippen LogP contribution in [0.2, 0.25) is 0 Å². The lowest BCUT2D eigenvalue weighted by Crippen LogP contribution is -2.18. The van der Waals surface area contributed by atoms with Gasteiger partial charge in [-0.3, -0.25) is 9.59 Å². The van der Waals surface area contributed by atoms with Gasteiger partial charge in [0.05, 0.1) is 0 Å². The van der Waals surface area contributed by atoms with Crippen LogP contribution < -0.4 is 0 Å². The quantitative estimate of drug-likeness (QED) is 0.0498. The summed E-state index contributed by atoms with van der Waals surface area (Å²) in [6.45, 7) is 4.49. The number of esters is 1. The van der Waals surface area contributed by atoms with E-state index in [0.29, 0.717) is 6.42 Å². The molecule has 4 nitrogen and oxygen atoms in total. The number of hydrogen-bond donors (Lipinski definition) is 1. The molecule has 4 heteroatoms. The van der Waals surface area contributed by atoms with Gasteiger partial charge < -0.3 is 9.84 Å². The highest BCUT2D eigenvalue weighted by Gasteiger charge is 2.14. The van der Waals surface area contributed by atoms with E-state index in [1.165, 1.54) is 64.2 Å². The van der Waals surface area contributed by atoms with Gasteiger partial charge in [-0.25, -0.2) is 0 Å². The highest BCUT2D eigenvalue weighted by atomic mass is 16.5. The molecule has 0 aromatic rings. The molecule has 0 spiro atoms. The van der Waals surface area contributed by atoms with Gasteiger partial charge in [0.2, 0.25) is 0 Å². The fourth-order valence-electron chi connectivity index (χ4n) is 4.94. The van der Waals surface area contributed by atoms with E-state index in [9.17, 15) is 9.59 Å². The van der Waals surface area contributed by atoms with Gasteiger partial charge in [0.1, 0.15) is 6.10 Å². The van der Waals surface area contributed by atoms with Crippen LogP contribution in [0.15, 0.2) is 48.6 Å². The molecule has 0 saturated heterocycles. The maximum atomic E-state index is 12.5. The Labute approximate surface area is 260 Å². The van der Waals surface area contributed by atoms with Crippen molar-refractivity contribution in [2.75, 3.05) is 0 Å². The first-order chi connectivity index (χ1) is 20.6. The Bertz CT molecular complexity index is 719. The van der Waals surface area contributed by atoms with E-state index in [2.05, 4.69) is 62.5 Å². The zero-order valence-corrected chi connectivity index (χ0v) is 27.5. The lowest BCUT2D eigenvalue weighted by molar-refractivity contribution is -0.150. The predicted octanol–water partition coefficient (Wildman–Crippen LogP) is 12.0. The van der Waals surface area contributed by atoms with E-state index in [4.69, 9.17) is 9.84 Å². The van der Waals surface area contributed by atoms with E-state index >= 15 is 0 Å². The van der Waals surface area contributed by atoms with Gasteiger partial charge in [-0.2, -0.15) is 0 Å². The van der Waals surface area contributed by atoms with Gasteiger partial charge in [0.25, 0.3) is 0 Å². The number of carbonyl (C=O) groups excluding carboxylic acids is 1. The minimum Gasteiger partial charge on any atom is -0.481 e. The molecule has 0 rings (SSSR count). The second-order valence-corrected chi connectivity index (χ2v) is 11.7. The molecule has 0 fully saturated rings. The van der Waals surface area contributed by atoms with Crippen LogP contribution in [0.5, 0.6) is 0 Å². The Hall–Kier alpha value is -2.10. The van der Waals surface area contributed by atoms with Crippen molar-refractivity contribution in [2.45, 2.75) is 180 Å². The minimum atomic E-state index is -0.709. The molecule has 1 atom stereocenters. The summed E-state index contributed by atoms with van der Waals surface area (Å²) in [6.07, 6.45) is 44.1. The zero-order valence-electron chi connectivity index (χ0n) is 27.5. The number of hydrogen-bond acceptors (Lipinski definition) is 3. The van der Waals surface area contributed by atoms with Crippen molar-refractivity contribution in [2.24, 2.45) is 0 Å². The van der Waals surface area contributed by atoms with Crippen molar-refractivity contribution in [3.05, 3.63) is 48.6 Å². The predicted molar refractivity (Wildman–Crippen MR) is 181 cm³/mol. The van der Waals surface area contributed by atoms with Crippen molar-refractivity contribution >= 4 is 11.9 Å². The SMILES string of the molecule is CCCCC/C=C\C/C=C\C/C=C\C/C=C\CCCC(=O)OC(CCCCCCCCC)CCCCCCCC(=O)O. The molecule has 0 radical (unpaired) electrons. The zero-order chi connectivity index (χ0) is 30.8. The summed E-state index contributed by atoms with van der Waals surface area (Å²) < 4.78 is 5.92.